The van der Waals surface area contributed by atoms with Crippen molar-refractivity contribution in [2.75, 3.05) is 5.73 Å². The Balaban J connectivity index is 2.36. The minimum Gasteiger partial charge on any atom is -0.390 e. The van der Waals surface area contributed by atoms with Crippen LogP contribution < -0.4 is 5.73 Å². The average Bonchev–Trinajstić information content (AvgIpc) is 2.86. The maximum absolute atomic E-state index is 6.21. The molecular formula is C15H16BrN3S. The van der Waals surface area contributed by atoms with Crippen LogP contribution in [0.25, 0.3) is 22.4 Å². The molecule has 0 unspecified atom stereocenters. The predicted octanol–water partition coefficient (Wildman–Crippen LogP) is 4.75. The molecule has 0 spiro atoms. The summed E-state index contributed by atoms with van der Waals surface area (Å²) in [6.45, 7) is 7.24. The summed E-state index contributed by atoms with van der Waals surface area (Å²) in [6.07, 6.45) is 0. The molecule has 0 aliphatic heterocycles. The molecule has 5 heteroatoms. The second kappa shape index (κ2) is 4.90. The van der Waals surface area contributed by atoms with Gasteiger partial charge in [-0.1, -0.05) is 15.9 Å². The normalized spacial score (nSPS) is 11.4. The highest BCUT2D eigenvalue weighted by atomic mass is 79.9. The Kier molecular flexibility index (Phi) is 3.34. The van der Waals surface area contributed by atoms with Crippen LogP contribution in [0.2, 0.25) is 0 Å². The Labute approximate surface area is 130 Å². The van der Waals surface area contributed by atoms with E-state index in [0.29, 0.717) is 0 Å². The van der Waals surface area contributed by atoms with Gasteiger partial charge >= 0.3 is 0 Å². The van der Waals surface area contributed by atoms with Crippen molar-refractivity contribution in [2.24, 2.45) is 0 Å². The van der Waals surface area contributed by atoms with Gasteiger partial charge in [0.2, 0.25) is 0 Å². The first-order valence-corrected chi connectivity index (χ1v) is 8.15. The van der Waals surface area contributed by atoms with Crippen molar-refractivity contribution in [2.45, 2.75) is 27.3 Å². The number of anilines is 1. The number of hydrogen-bond acceptors (Lipinski definition) is 3. The number of benzene rings is 1. The Morgan fingerprint density at radius 2 is 2.10 bits per heavy atom. The zero-order valence-electron chi connectivity index (χ0n) is 11.7. The van der Waals surface area contributed by atoms with Crippen molar-refractivity contribution in [3.05, 3.63) is 33.1 Å². The number of halogens is 1. The molecule has 1 aromatic carbocycles. The highest BCUT2D eigenvalue weighted by Crippen LogP contribution is 2.39. The number of thiophene rings is 1. The third kappa shape index (κ3) is 1.96. The first-order chi connectivity index (χ1) is 9.52. The number of nitrogens with two attached hydrogens (primary N) is 1. The van der Waals surface area contributed by atoms with Crippen LogP contribution in [0.1, 0.15) is 17.4 Å². The monoisotopic (exact) mass is 349 g/mol. The Bertz CT molecular complexity index is 801. The van der Waals surface area contributed by atoms with E-state index in [-0.39, 0.29) is 0 Å². The largest absolute Gasteiger partial charge is 0.390 e. The summed E-state index contributed by atoms with van der Waals surface area (Å²) in [5.74, 6) is 0.972. The Morgan fingerprint density at radius 1 is 1.35 bits per heavy atom. The minimum atomic E-state index is 0.851. The van der Waals surface area contributed by atoms with E-state index in [1.54, 1.807) is 11.3 Å². The van der Waals surface area contributed by atoms with Crippen molar-refractivity contribution in [3.63, 3.8) is 0 Å². The lowest BCUT2D eigenvalue weighted by Crippen LogP contribution is -1.99. The molecule has 0 aliphatic rings. The van der Waals surface area contributed by atoms with Gasteiger partial charge in [-0.2, -0.15) is 0 Å². The molecule has 0 aliphatic carbocycles. The van der Waals surface area contributed by atoms with Gasteiger partial charge in [-0.15, -0.1) is 11.3 Å². The SMILES string of the molecule is CCn1c(-c2c(N)sc(C)c2C)nc2cc(Br)ccc21. The molecule has 3 nitrogen and oxygen atoms in total. The number of nitrogen functional groups attached to an aromatic ring is 1. The second-order valence-electron chi connectivity index (χ2n) is 4.84. The summed E-state index contributed by atoms with van der Waals surface area (Å²) in [7, 11) is 0. The van der Waals surface area contributed by atoms with Gasteiger partial charge in [-0.05, 0) is 44.5 Å². The van der Waals surface area contributed by atoms with Crippen LogP contribution >= 0.6 is 27.3 Å². The van der Waals surface area contributed by atoms with Crippen molar-refractivity contribution in [1.82, 2.24) is 9.55 Å². The van der Waals surface area contributed by atoms with Gasteiger partial charge in [-0.25, -0.2) is 4.98 Å². The summed E-state index contributed by atoms with van der Waals surface area (Å²) in [5.41, 5.74) is 10.7. The molecule has 0 saturated heterocycles. The van der Waals surface area contributed by atoms with Crippen LogP contribution in [0, 0.1) is 13.8 Å². The topological polar surface area (TPSA) is 43.8 Å². The summed E-state index contributed by atoms with van der Waals surface area (Å²) in [4.78, 5) is 6.07. The lowest BCUT2D eigenvalue weighted by molar-refractivity contribution is 0.796. The molecule has 0 radical (unpaired) electrons. The van der Waals surface area contributed by atoms with Gasteiger partial charge in [0.05, 0.1) is 21.6 Å². The number of aryl methyl sites for hydroxylation is 2. The highest BCUT2D eigenvalue weighted by Gasteiger charge is 2.19. The zero-order chi connectivity index (χ0) is 14.4. The van der Waals surface area contributed by atoms with Crippen molar-refractivity contribution >= 4 is 43.3 Å². The lowest BCUT2D eigenvalue weighted by atomic mass is 10.1. The summed E-state index contributed by atoms with van der Waals surface area (Å²) >= 11 is 5.14. The molecule has 3 rings (SSSR count). The first kappa shape index (κ1) is 13.6. The maximum atomic E-state index is 6.21. The number of nitrogens with zero attached hydrogens (tertiary/aromatic N) is 2. The second-order valence-corrected chi connectivity index (χ2v) is 7.01. The number of fused-ring (bicyclic) bond motifs is 1. The smallest absolute Gasteiger partial charge is 0.144 e. The van der Waals surface area contributed by atoms with Gasteiger partial charge < -0.3 is 10.3 Å². The van der Waals surface area contributed by atoms with Gasteiger partial charge in [0.25, 0.3) is 0 Å². The van der Waals surface area contributed by atoms with Crippen LogP contribution in [0.5, 0.6) is 0 Å². The first-order valence-electron chi connectivity index (χ1n) is 6.54. The van der Waals surface area contributed by atoms with Crippen LogP contribution in [0.3, 0.4) is 0 Å². The van der Waals surface area contributed by atoms with Crippen molar-refractivity contribution < 1.29 is 0 Å². The molecular weight excluding hydrogens is 334 g/mol. The van der Waals surface area contributed by atoms with Crippen LogP contribution in [-0.2, 0) is 6.54 Å². The number of hydrogen-bond donors (Lipinski definition) is 1. The maximum Gasteiger partial charge on any atom is 0.144 e. The van der Waals surface area contributed by atoms with E-state index in [0.717, 1.165) is 38.4 Å². The standard InChI is InChI=1S/C15H16BrN3S/c1-4-19-12-6-5-10(16)7-11(12)18-15(19)13-8(2)9(3)20-14(13)17/h5-7H,4,17H2,1-3H3. The van der Waals surface area contributed by atoms with E-state index in [9.17, 15) is 0 Å². The third-order valence-electron chi connectivity index (χ3n) is 3.66. The Hall–Kier alpha value is -1.33. The Morgan fingerprint density at radius 3 is 2.70 bits per heavy atom. The summed E-state index contributed by atoms with van der Waals surface area (Å²) in [6, 6.07) is 6.20. The lowest BCUT2D eigenvalue weighted by Gasteiger charge is -2.07. The van der Waals surface area contributed by atoms with Gasteiger partial charge in [0, 0.05) is 15.9 Å². The van der Waals surface area contributed by atoms with E-state index in [1.807, 2.05) is 0 Å². The van der Waals surface area contributed by atoms with E-state index >= 15 is 0 Å². The highest BCUT2D eigenvalue weighted by molar-refractivity contribution is 9.10. The molecule has 0 fully saturated rings. The molecule has 3 aromatic rings. The van der Waals surface area contributed by atoms with Crippen molar-refractivity contribution in [3.8, 4) is 11.4 Å². The fraction of sp³-hybridized carbons (Fsp3) is 0.267. The third-order valence-corrected chi connectivity index (χ3v) is 5.19. The van der Waals surface area contributed by atoms with E-state index in [1.165, 1.54) is 10.4 Å². The van der Waals surface area contributed by atoms with Gasteiger partial charge in [0.1, 0.15) is 5.82 Å². The minimum absolute atomic E-state index is 0.851. The number of imidazole rings is 1. The fourth-order valence-corrected chi connectivity index (χ4v) is 3.83. The van der Waals surface area contributed by atoms with Crippen LogP contribution in [-0.4, -0.2) is 9.55 Å². The number of aromatic nitrogens is 2. The zero-order valence-corrected chi connectivity index (χ0v) is 14.1. The van der Waals surface area contributed by atoms with Crippen LogP contribution in [0.4, 0.5) is 5.00 Å². The quantitative estimate of drug-likeness (QED) is 0.725. The predicted molar refractivity (Wildman–Crippen MR) is 90.3 cm³/mol. The van der Waals surface area contributed by atoms with Crippen LogP contribution in [0.15, 0.2) is 22.7 Å². The summed E-state index contributed by atoms with van der Waals surface area (Å²) in [5, 5.41) is 0.851. The van der Waals surface area contributed by atoms with E-state index in [4.69, 9.17) is 10.7 Å². The molecule has 104 valence electrons. The van der Waals surface area contributed by atoms with E-state index in [2.05, 4.69) is 59.5 Å². The van der Waals surface area contributed by atoms with Gasteiger partial charge in [-0.3, -0.25) is 0 Å². The van der Waals surface area contributed by atoms with E-state index < -0.39 is 0 Å². The molecule has 0 amide bonds. The molecule has 2 N–H and O–H groups in total. The average molecular weight is 350 g/mol. The molecule has 20 heavy (non-hydrogen) atoms. The molecule has 2 aromatic heterocycles. The molecule has 0 atom stereocenters. The number of rotatable bonds is 2. The van der Waals surface area contributed by atoms with Crippen molar-refractivity contribution in [1.29, 1.82) is 0 Å². The fourth-order valence-electron chi connectivity index (χ4n) is 2.55. The molecule has 0 saturated carbocycles. The molecule has 2 heterocycles. The summed E-state index contributed by atoms with van der Waals surface area (Å²) < 4.78 is 3.27. The van der Waals surface area contributed by atoms with Gasteiger partial charge in [0.15, 0.2) is 0 Å². The molecule has 0 bridgehead atoms.